The topological polar surface area (TPSA) is 92.5 Å². The first-order valence-electron chi connectivity index (χ1n) is 3.61. The second kappa shape index (κ2) is 3.79. The van der Waals surface area contributed by atoms with Gasteiger partial charge in [0.1, 0.15) is 5.69 Å². The second-order valence-electron chi connectivity index (χ2n) is 2.37. The molecule has 0 aliphatic heterocycles. The number of carbonyl (C=O) groups excluding carboxylic acids is 1. The number of ether oxygens (including phenoxy) is 1. The number of H-pyrrole nitrogens is 1. The molecular weight excluding hydrogens is 178 g/mol. The maximum atomic E-state index is 10.7. The number of hydrogen-bond donors (Lipinski definition) is 2. The zero-order valence-electron chi connectivity index (χ0n) is 6.99. The third-order valence-electron chi connectivity index (χ3n) is 1.51. The van der Waals surface area contributed by atoms with Crippen molar-refractivity contribution in [3.05, 3.63) is 16.2 Å². The Hall–Kier alpha value is -1.72. The first-order chi connectivity index (χ1) is 6.13. The number of esters is 1. The summed E-state index contributed by atoms with van der Waals surface area (Å²) in [5, 5.41) is 8.97. The van der Waals surface area contributed by atoms with Crippen LogP contribution in [0.5, 0.6) is 5.95 Å². The van der Waals surface area contributed by atoms with E-state index in [2.05, 4.69) is 14.1 Å². The van der Waals surface area contributed by atoms with E-state index in [1.807, 2.05) is 0 Å². The van der Waals surface area contributed by atoms with Crippen LogP contribution in [0.3, 0.4) is 0 Å². The second-order valence-corrected chi connectivity index (χ2v) is 2.37. The average Bonchev–Trinajstić information content (AvgIpc) is 2.41. The Labute approximate surface area is 73.1 Å². The zero-order chi connectivity index (χ0) is 9.84. The van der Waals surface area contributed by atoms with E-state index in [9.17, 15) is 9.59 Å². The highest BCUT2D eigenvalue weighted by atomic mass is 16.5. The number of aromatic amines is 1. The fourth-order valence-electron chi connectivity index (χ4n) is 0.850. The van der Waals surface area contributed by atoms with Crippen molar-refractivity contribution in [2.75, 3.05) is 7.11 Å². The van der Waals surface area contributed by atoms with Crippen LogP contribution in [0, 0.1) is 0 Å². The third-order valence-corrected chi connectivity index (χ3v) is 1.51. The maximum Gasteiger partial charge on any atom is 0.419 e. The molecule has 0 aliphatic rings. The van der Waals surface area contributed by atoms with Gasteiger partial charge in [-0.3, -0.25) is 9.78 Å². The Morgan fingerprint density at radius 3 is 2.85 bits per heavy atom. The van der Waals surface area contributed by atoms with Crippen LogP contribution in [0.15, 0.2) is 9.21 Å². The predicted octanol–water partition coefficient (Wildman–Crippen LogP) is -0.221. The van der Waals surface area contributed by atoms with Crippen molar-refractivity contribution in [1.82, 2.24) is 4.98 Å². The molecule has 0 radical (unpaired) electrons. The summed E-state index contributed by atoms with van der Waals surface area (Å²) in [7, 11) is 1.26. The quantitative estimate of drug-likeness (QED) is 0.638. The van der Waals surface area contributed by atoms with Gasteiger partial charge in [0.05, 0.1) is 13.5 Å². The van der Waals surface area contributed by atoms with Crippen molar-refractivity contribution in [3.63, 3.8) is 0 Å². The van der Waals surface area contributed by atoms with Crippen molar-refractivity contribution >= 4 is 5.97 Å². The van der Waals surface area contributed by atoms with Crippen LogP contribution in [0.25, 0.3) is 0 Å². The molecule has 0 saturated carbocycles. The van der Waals surface area contributed by atoms with E-state index in [4.69, 9.17) is 5.11 Å². The molecule has 0 bridgehead atoms. The van der Waals surface area contributed by atoms with E-state index in [0.29, 0.717) is 0 Å². The molecule has 0 fully saturated rings. The first-order valence-corrected chi connectivity index (χ1v) is 3.61. The van der Waals surface area contributed by atoms with Gasteiger partial charge in [0.15, 0.2) is 0 Å². The van der Waals surface area contributed by atoms with E-state index in [1.165, 1.54) is 7.11 Å². The van der Waals surface area contributed by atoms with Crippen molar-refractivity contribution in [1.29, 1.82) is 0 Å². The van der Waals surface area contributed by atoms with Gasteiger partial charge < -0.3 is 14.3 Å². The predicted molar refractivity (Wildman–Crippen MR) is 41.3 cm³/mol. The number of carbonyl (C=O) groups is 1. The Bertz CT molecular complexity index is 350. The van der Waals surface area contributed by atoms with Crippen LogP contribution in [0.2, 0.25) is 0 Å². The highest BCUT2D eigenvalue weighted by molar-refractivity contribution is 5.69. The molecule has 1 heterocycles. The molecule has 1 aromatic heterocycles. The van der Waals surface area contributed by atoms with E-state index in [-0.39, 0.29) is 18.5 Å². The van der Waals surface area contributed by atoms with Gasteiger partial charge in [0.25, 0.3) is 0 Å². The van der Waals surface area contributed by atoms with Crippen LogP contribution in [-0.2, 0) is 16.0 Å². The molecule has 2 N–H and O–H groups in total. The number of aromatic nitrogens is 1. The largest absolute Gasteiger partial charge is 0.479 e. The molecule has 0 aromatic carbocycles. The standard InChI is InChI=1S/C7H9NO5/c1-12-5(9)3-2-4-6(10)13-7(11)8-4/h10H,2-3H2,1H3,(H,8,11). The summed E-state index contributed by atoms with van der Waals surface area (Å²) in [5.74, 6) is -1.63. The molecule has 0 atom stereocenters. The summed E-state index contributed by atoms with van der Waals surface area (Å²) in [4.78, 5) is 23.4. The fourth-order valence-corrected chi connectivity index (χ4v) is 0.850. The number of aryl methyl sites for hydroxylation is 1. The van der Waals surface area contributed by atoms with Crippen LogP contribution in [0.1, 0.15) is 12.1 Å². The molecule has 0 spiro atoms. The lowest BCUT2D eigenvalue weighted by molar-refractivity contribution is -0.140. The van der Waals surface area contributed by atoms with Gasteiger partial charge in [-0.1, -0.05) is 0 Å². The lowest BCUT2D eigenvalue weighted by Crippen LogP contribution is -2.03. The highest BCUT2D eigenvalue weighted by Gasteiger charge is 2.10. The molecule has 1 rings (SSSR count). The SMILES string of the molecule is COC(=O)CCc1[nH]c(=O)oc1O. The smallest absolute Gasteiger partial charge is 0.419 e. The maximum absolute atomic E-state index is 10.7. The van der Waals surface area contributed by atoms with Gasteiger partial charge in [-0.25, -0.2) is 4.79 Å². The Morgan fingerprint density at radius 1 is 1.69 bits per heavy atom. The van der Waals surface area contributed by atoms with Crippen molar-refractivity contribution < 1.29 is 19.1 Å². The molecule has 0 aliphatic carbocycles. The molecule has 72 valence electrons. The van der Waals surface area contributed by atoms with Crippen LogP contribution in [-0.4, -0.2) is 23.2 Å². The summed E-state index contributed by atoms with van der Waals surface area (Å²) in [6.07, 6.45) is 0.268. The fraction of sp³-hybridized carbons (Fsp3) is 0.429. The van der Waals surface area contributed by atoms with E-state index in [1.54, 1.807) is 0 Å². The minimum atomic E-state index is -0.739. The van der Waals surface area contributed by atoms with Crippen LogP contribution >= 0.6 is 0 Å². The van der Waals surface area contributed by atoms with Crippen molar-refractivity contribution in [2.45, 2.75) is 12.8 Å². The van der Waals surface area contributed by atoms with E-state index >= 15 is 0 Å². The normalized spacial score (nSPS) is 9.92. The highest BCUT2D eigenvalue weighted by Crippen LogP contribution is 2.12. The van der Waals surface area contributed by atoms with Gasteiger partial charge in [-0.05, 0) is 0 Å². The van der Waals surface area contributed by atoms with Crippen molar-refractivity contribution in [2.24, 2.45) is 0 Å². The molecule has 6 nitrogen and oxygen atoms in total. The number of hydrogen-bond acceptors (Lipinski definition) is 5. The van der Waals surface area contributed by atoms with Crippen LogP contribution < -0.4 is 5.76 Å². The molecule has 0 saturated heterocycles. The molecular formula is C7H9NO5. The molecule has 0 unspecified atom stereocenters. The summed E-state index contributed by atoms with van der Waals surface area (Å²) >= 11 is 0. The molecule has 6 heteroatoms. The number of nitrogens with one attached hydrogen (secondary N) is 1. The van der Waals surface area contributed by atoms with Crippen LogP contribution in [0.4, 0.5) is 0 Å². The van der Waals surface area contributed by atoms with Gasteiger partial charge in [-0.2, -0.15) is 0 Å². The lowest BCUT2D eigenvalue weighted by atomic mass is 10.2. The first kappa shape index (κ1) is 9.37. The minimum Gasteiger partial charge on any atom is -0.479 e. The molecule has 1 aromatic rings. The van der Waals surface area contributed by atoms with E-state index < -0.39 is 17.7 Å². The monoisotopic (exact) mass is 187 g/mol. The molecule has 0 amide bonds. The average molecular weight is 187 g/mol. The Morgan fingerprint density at radius 2 is 2.38 bits per heavy atom. The van der Waals surface area contributed by atoms with Gasteiger partial charge in [0.2, 0.25) is 0 Å². The van der Waals surface area contributed by atoms with Gasteiger partial charge in [0, 0.05) is 6.42 Å². The van der Waals surface area contributed by atoms with E-state index in [0.717, 1.165) is 0 Å². The minimum absolute atomic E-state index is 0.0829. The van der Waals surface area contributed by atoms with Crippen molar-refractivity contribution in [3.8, 4) is 5.95 Å². The number of methoxy groups -OCH3 is 1. The Kier molecular flexibility index (Phi) is 2.73. The number of aromatic hydroxyl groups is 1. The number of oxazole rings is 1. The third kappa shape index (κ3) is 2.36. The number of rotatable bonds is 3. The summed E-state index contributed by atoms with van der Waals surface area (Å²) in [6, 6.07) is 0. The molecule has 13 heavy (non-hydrogen) atoms. The van der Waals surface area contributed by atoms with Gasteiger partial charge in [-0.15, -0.1) is 0 Å². The summed E-state index contributed by atoms with van der Waals surface area (Å²) in [6.45, 7) is 0. The summed E-state index contributed by atoms with van der Waals surface area (Å²) < 4.78 is 8.65. The lowest BCUT2D eigenvalue weighted by Gasteiger charge is -1.95. The Balaban J connectivity index is 2.59. The summed E-state index contributed by atoms with van der Waals surface area (Å²) in [5.41, 5.74) is 0.204. The van der Waals surface area contributed by atoms with Gasteiger partial charge >= 0.3 is 17.7 Å². The zero-order valence-corrected chi connectivity index (χ0v) is 6.99.